The van der Waals surface area contributed by atoms with E-state index in [1.54, 1.807) is 5.56 Å². The molecule has 0 saturated heterocycles. The molecule has 14 heavy (non-hydrogen) atoms. The van der Waals surface area contributed by atoms with Crippen molar-refractivity contribution in [3.8, 4) is 0 Å². The Balaban J connectivity index is 2.12. The van der Waals surface area contributed by atoms with Gasteiger partial charge in [0.1, 0.15) is 0 Å². The summed E-state index contributed by atoms with van der Waals surface area (Å²) in [7, 11) is 0. The van der Waals surface area contributed by atoms with Crippen molar-refractivity contribution in [2.75, 3.05) is 0 Å². The normalized spacial score (nSPS) is 33.9. The number of fused-ring (bicyclic) bond motifs is 3. The predicted molar refractivity (Wildman–Crippen MR) is 60.1 cm³/mol. The molecule has 0 heteroatoms. The van der Waals surface area contributed by atoms with Crippen LogP contribution in [0.15, 0.2) is 30.3 Å². The van der Waals surface area contributed by atoms with Gasteiger partial charge in [0.2, 0.25) is 0 Å². The second kappa shape index (κ2) is 2.98. The lowest BCUT2D eigenvalue weighted by atomic mass is 9.78. The van der Waals surface area contributed by atoms with E-state index in [0.29, 0.717) is 0 Å². The molecule has 1 aromatic rings. The smallest absolute Gasteiger partial charge is 0.00673 e. The van der Waals surface area contributed by atoms with Gasteiger partial charge in [0.25, 0.3) is 0 Å². The summed E-state index contributed by atoms with van der Waals surface area (Å²) >= 11 is 0. The summed E-state index contributed by atoms with van der Waals surface area (Å²) in [5, 5.41) is 0. The van der Waals surface area contributed by atoms with Gasteiger partial charge in [0, 0.05) is 0 Å². The maximum absolute atomic E-state index is 2.43. The van der Waals surface area contributed by atoms with E-state index in [9.17, 15) is 0 Å². The fourth-order valence-electron chi connectivity index (χ4n) is 3.18. The van der Waals surface area contributed by atoms with Crippen LogP contribution in [0, 0.1) is 11.8 Å². The minimum absolute atomic E-state index is 0.802. The zero-order valence-electron chi connectivity index (χ0n) is 8.61. The Bertz CT molecular complexity index is 375. The molecule has 0 N–H and O–H groups in total. The molecule has 1 fully saturated rings. The first-order chi connectivity index (χ1) is 6.86. The van der Waals surface area contributed by atoms with E-state index < -0.39 is 0 Å². The van der Waals surface area contributed by atoms with Gasteiger partial charge in [-0.05, 0) is 41.7 Å². The Morgan fingerprint density at radius 2 is 2.00 bits per heavy atom. The Morgan fingerprint density at radius 1 is 1.14 bits per heavy atom. The number of rotatable bonds is 0. The van der Waals surface area contributed by atoms with Crippen LogP contribution in [0.4, 0.5) is 0 Å². The summed E-state index contributed by atoms with van der Waals surface area (Å²) in [4.78, 5) is 0. The van der Waals surface area contributed by atoms with Crippen molar-refractivity contribution in [2.45, 2.75) is 25.7 Å². The van der Waals surface area contributed by atoms with Crippen molar-refractivity contribution >= 4 is 6.08 Å². The largest absolute Gasteiger partial charge is 0.0802 e. The van der Waals surface area contributed by atoms with Crippen LogP contribution in [0.1, 0.15) is 36.8 Å². The van der Waals surface area contributed by atoms with Crippen molar-refractivity contribution in [1.82, 2.24) is 0 Å². The van der Waals surface area contributed by atoms with E-state index in [4.69, 9.17) is 0 Å². The van der Waals surface area contributed by atoms with Crippen LogP contribution in [-0.4, -0.2) is 0 Å². The highest BCUT2D eigenvalue weighted by atomic mass is 14.4. The van der Waals surface area contributed by atoms with Crippen LogP contribution in [0.25, 0.3) is 6.08 Å². The maximum Gasteiger partial charge on any atom is -0.00673 e. The first-order valence-corrected chi connectivity index (χ1v) is 5.63. The molecule has 3 rings (SSSR count). The number of allylic oxidation sites excluding steroid dienone is 1. The predicted octanol–water partition coefficient (Wildman–Crippen LogP) is 3.84. The molecular weight excluding hydrogens is 168 g/mol. The summed E-state index contributed by atoms with van der Waals surface area (Å²) < 4.78 is 0. The van der Waals surface area contributed by atoms with Gasteiger partial charge < -0.3 is 0 Å². The number of hydrogen-bond acceptors (Lipinski definition) is 0. The van der Waals surface area contributed by atoms with E-state index >= 15 is 0 Å². The van der Waals surface area contributed by atoms with Gasteiger partial charge in [-0.3, -0.25) is 0 Å². The van der Waals surface area contributed by atoms with Gasteiger partial charge in [0.05, 0.1) is 0 Å². The highest BCUT2D eigenvalue weighted by Gasteiger charge is 2.35. The Kier molecular flexibility index (Phi) is 1.76. The van der Waals surface area contributed by atoms with Gasteiger partial charge >= 0.3 is 0 Å². The van der Waals surface area contributed by atoms with Crippen molar-refractivity contribution in [2.24, 2.45) is 11.8 Å². The monoisotopic (exact) mass is 184 g/mol. The fraction of sp³-hybridized carbons (Fsp3) is 0.429. The third kappa shape index (κ3) is 1.06. The minimum Gasteiger partial charge on any atom is -0.0802 e. The second-order valence-corrected chi connectivity index (χ2v) is 4.73. The van der Waals surface area contributed by atoms with Gasteiger partial charge in [-0.15, -0.1) is 0 Å². The molecule has 3 atom stereocenters. The van der Waals surface area contributed by atoms with Crippen LogP contribution in [0.3, 0.4) is 0 Å². The molecule has 0 aliphatic heterocycles. The molecule has 72 valence electrons. The van der Waals surface area contributed by atoms with Crippen molar-refractivity contribution in [3.63, 3.8) is 0 Å². The van der Waals surface area contributed by atoms with E-state index in [0.717, 1.165) is 17.8 Å². The molecular formula is C14H16. The quantitative estimate of drug-likeness (QED) is 0.574. The van der Waals surface area contributed by atoms with Gasteiger partial charge in [-0.1, -0.05) is 43.3 Å². The van der Waals surface area contributed by atoms with E-state index in [1.807, 2.05) is 0 Å². The summed E-state index contributed by atoms with van der Waals surface area (Å²) in [5.74, 6) is 2.49. The summed E-state index contributed by atoms with van der Waals surface area (Å²) in [6.45, 7) is 2.40. The Labute approximate surface area is 85.6 Å². The average molecular weight is 184 g/mol. The minimum atomic E-state index is 0.802. The number of benzene rings is 1. The molecule has 2 aliphatic carbocycles. The SMILES string of the molecule is CC1CCC2C=Cc3ccccc3C12. The second-order valence-electron chi connectivity index (χ2n) is 4.73. The van der Waals surface area contributed by atoms with Crippen LogP contribution >= 0.6 is 0 Å². The molecule has 0 nitrogen and oxygen atoms in total. The summed E-state index contributed by atoms with van der Waals surface area (Å²) in [6.07, 6.45) is 7.52. The number of hydrogen-bond donors (Lipinski definition) is 0. The molecule has 3 unspecified atom stereocenters. The fourth-order valence-corrected chi connectivity index (χ4v) is 3.18. The summed E-state index contributed by atoms with van der Waals surface area (Å²) in [5.41, 5.74) is 3.03. The van der Waals surface area contributed by atoms with Crippen molar-refractivity contribution < 1.29 is 0 Å². The Hall–Kier alpha value is -1.04. The molecule has 1 saturated carbocycles. The zero-order valence-corrected chi connectivity index (χ0v) is 8.61. The lowest BCUT2D eigenvalue weighted by molar-refractivity contribution is 0.485. The standard InChI is InChI=1S/C14H16/c1-10-6-7-12-9-8-11-4-2-3-5-13(11)14(10)12/h2-5,8-10,12,14H,6-7H2,1H3. The highest BCUT2D eigenvalue weighted by molar-refractivity contribution is 5.58. The molecule has 0 heterocycles. The van der Waals surface area contributed by atoms with Crippen molar-refractivity contribution in [1.29, 1.82) is 0 Å². The van der Waals surface area contributed by atoms with Crippen LogP contribution in [0.5, 0.6) is 0 Å². The van der Waals surface area contributed by atoms with Crippen LogP contribution < -0.4 is 0 Å². The molecule has 0 spiro atoms. The molecule has 0 radical (unpaired) electrons. The lowest BCUT2D eigenvalue weighted by Crippen LogP contribution is -2.13. The average Bonchev–Trinajstić information content (AvgIpc) is 2.61. The van der Waals surface area contributed by atoms with Crippen LogP contribution in [-0.2, 0) is 0 Å². The van der Waals surface area contributed by atoms with Gasteiger partial charge in [-0.2, -0.15) is 0 Å². The van der Waals surface area contributed by atoms with E-state index in [1.165, 1.54) is 18.4 Å². The molecule has 0 bridgehead atoms. The molecule has 0 amide bonds. The third-order valence-corrected chi connectivity index (χ3v) is 3.91. The first-order valence-electron chi connectivity index (χ1n) is 5.63. The van der Waals surface area contributed by atoms with E-state index in [2.05, 4.69) is 43.3 Å². The Morgan fingerprint density at radius 3 is 2.93 bits per heavy atom. The molecule has 1 aromatic carbocycles. The lowest BCUT2D eigenvalue weighted by Gasteiger charge is -2.26. The van der Waals surface area contributed by atoms with Crippen molar-refractivity contribution in [3.05, 3.63) is 41.5 Å². The first kappa shape index (κ1) is 8.28. The maximum atomic E-state index is 2.43. The van der Waals surface area contributed by atoms with E-state index in [-0.39, 0.29) is 0 Å². The molecule has 0 aromatic heterocycles. The molecule has 2 aliphatic rings. The summed E-state index contributed by atoms with van der Waals surface area (Å²) in [6, 6.07) is 8.88. The van der Waals surface area contributed by atoms with Crippen LogP contribution in [0.2, 0.25) is 0 Å². The van der Waals surface area contributed by atoms with Gasteiger partial charge in [0.15, 0.2) is 0 Å². The van der Waals surface area contributed by atoms with Gasteiger partial charge in [-0.25, -0.2) is 0 Å². The highest BCUT2D eigenvalue weighted by Crippen LogP contribution is 2.48. The third-order valence-electron chi connectivity index (χ3n) is 3.91. The topological polar surface area (TPSA) is 0 Å². The zero-order chi connectivity index (χ0) is 9.54.